The van der Waals surface area contributed by atoms with Gasteiger partial charge in [0, 0.05) is 20.1 Å². The quantitative estimate of drug-likeness (QED) is 0.249. The summed E-state index contributed by atoms with van der Waals surface area (Å²) in [6.07, 6.45) is 21.5. The Morgan fingerprint density at radius 3 is 1.41 bits per heavy atom. The summed E-state index contributed by atoms with van der Waals surface area (Å²) in [6.45, 7) is 3.45. The highest BCUT2D eigenvalue weighted by atomic mass is 32.2. The van der Waals surface area contributed by atoms with Crippen LogP contribution in [0.2, 0.25) is 0 Å². The fraction of sp³-hybridized carbons (Fsp3) is 1.00. The van der Waals surface area contributed by atoms with Crippen molar-refractivity contribution in [3.8, 4) is 0 Å². The molecule has 0 fully saturated rings. The molecule has 0 heterocycles. The summed E-state index contributed by atoms with van der Waals surface area (Å²) in [7, 11) is 0.415. The normalized spacial score (nSPS) is 12.1. The zero-order valence-corrected chi connectivity index (χ0v) is 19.4. The average Bonchev–Trinajstić information content (AvgIpc) is 2.65. The van der Waals surface area contributed by atoms with Gasteiger partial charge in [0.1, 0.15) is 0 Å². The first kappa shape index (κ1) is 26.9. The van der Waals surface area contributed by atoms with Crippen LogP contribution in [0.1, 0.15) is 110 Å². The minimum Gasteiger partial charge on any atom is -0.319 e. The highest BCUT2D eigenvalue weighted by molar-refractivity contribution is 7.89. The number of hydrogen-bond acceptors (Lipinski definition) is 3. The number of hydrogen-bond donors (Lipinski definition) is 1. The van der Waals surface area contributed by atoms with Gasteiger partial charge in [0.15, 0.2) is 0 Å². The third-order valence-electron chi connectivity index (χ3n) is 5.41. The molecule has 0 spiro atoms. The maximum Gasteiger partial charge on any atom is 0.215 e. The van der Waals surface area contributed by atoms with Crippen LogP contribution >= 0.6 is 0 Å². The molecule has 164 valence electrons. The van der Waals surface area contributed by atoms with Gasteiger partial charge in [-0.05, 0) is 13.5 Å². The Morgan fingerprint density at radius 2 is 1.04 bits per heavy atom. The number of nitrogens with zero attached hydrogens (tertiary/aromatic N) is 1. The van der Waals surface area contributed by atoms with E-state index >= 15 is 0 Å². The highest BCUT2D eigenvalue weighted by Crippen LogP contribution is 2.14. The van der Waals surface area contributed by atoms with Gasteiger partial charge in [0.25, 0.3) is 0 Å². The van der Waals surface area contributed by atoms with Crippen molar-refractivity contribution in [1.29, 1.82) is 0 Å². The van der Waals surface area contributed by atoms with Crippen molar-refractivity contribution in [2.75, 3.05) is 32.9 Å². The van der Waals surface area contributed by atoms with Crippen LogP contribution in [0.4, 0.5) is 0 Å². The van der Waals surface area contributed by atoms with Crippen molar-refractivity contribution in [3.63, 3.8) is 0 Å². The minimum atomic E-state index is -3.07. The third-order valence-corrected chi connectivity index (χ3v) is 7.26. The molecule has 0 aromatic carbocycles. The van der Waals surface area contributed by atoms with E-state index in [9.17, 15) is 8.42 Å². The molecule has 0 unspecified atom stereocenters. The van der Waals surface area contributed by atoms with Crippen LogP contribution in [-0.4, -0.2) is 45.7 Å². The Morgan fingerprint density at radius 1 is 0.667 bits per heavy atom. The van der Waals surface area contributed by atoms with Crippen LogP contribution in [0.5, 0.6) is 0 Å². The Hall–Kier alpha value is -0.130. The number of nitrogens with one attached hydrogen (secondary N) is 1. The zero-order chi connectivity index (χ0) is 20.2. The molecule has 0 aromatic rings. The van der Waals surface area contributed by atoms with Gasteiger partial charge >= 0.3 is 0 Å². The predicted octanol–water partition coefficient (Wildman–Crippen LogP) is 5.73. The lowest BCUT2D eigenvalue weighted by atomic mass is 10.0. The molecule has 0 amide bonds. The summed E-state index contributed by atoms with van der Waals surface area (Å²) in [5, 5.41) is 2.90. The number of unbranched alkanes of at least 4 members (excludes halogenated alkanes) is 15. The molecule has 1 N–H and O–H groups in total. The Labute approximate surface area is 170 Å². The van der Waals surface area contributed by atoms with Gasteiger partial charge in [0.05, 0.1) is 5.75 Å². The van der Waals surface area contributed by atoms with E-state index in [2.05, 4.69) is 12.2 Å². The zero-order valence-electron chi connectivity index (χ0n) is 18.6. The summed E-state index contributed by atoms with van der Waals surface area (Å²) in [5.74, 6) is 0.193. The molecule has 0 aliphatic carbocycles. The lowest BCUT2D eigenvalue weighted by Gasteiger charge is -2.16. The lowest BCUT2D eigenvalue weighted by Crippen LogP contribution is -2.33. The van der Waals surface area contributed by atoms with E-state index < -0.39 is 10.0 Å². The number of sulfonamides is 1. The molecule has 0 aliphatic heterocycles. The lowest BCUT2D eigenvalue weighted by molar-refractivity contribution is 0.447. The van der Waals surface area contributed by atoms with E-state index in [0.29, 0.717) is 13.1 Å². The Bertz CT molecular complexity index is 399. The maximum absolute atomic E-state index is 12.0. The van der Waals surface area contributed by atoms with E-state index in [-0.39, 0.29) is 5.75 Å². The number of rotatable bonds is 21. The van der Waals surface area contributed by atoms with Crippen LogP contribution in [0.25, 0.3) is 0 Å². The molecule has 5 heteroatoms. The SMILES string of the molecule is CCCCCCCCCCCCCCCCCCN(C)S(=O)(=O)CCNC. The van der Waals surface area contributed by atoms with Gasteiger partial charge in [-0.15, -0.1) is 0 Å². The third kappa shape index (κ3) is 17.7. The fourth-order valence-corrected chi connectivity index (χ4v) is 4.59. The first-order chi connectivity index (χ1) is 13.0. The van der Waals surface area contributed by atoms with E-state index in [0.717, 1.165) is 12.8 Å². The van der Waals surface area contributed by atoms with Crippen LogP contribution < -0.4 is 5.32 Å². The first-order valence-corrected chi connectivity index (χ1v) is 13.2. The molecule has 0 saturated carbocycles. The van der Waals surface area contributed by atoms with E-state index in [1.165, 1.54) is 94.2 Å². The average molecular weight is 405 g/mol. The largest absolute Gasteiger partial charge is 0.319 e. The summed E-state index contributed by atoms with van der Waals surface area (Å²) >= 11 is 0. The fourth-order valence-electron chi connectivity index (χ4n) is 3.41. The summed E-state index contributed by atoms with van der Waals surface area (Å²) in [6, 6.07) is 0. The molecule has 0 bridgehead atoms. The van der Waals surface area contributed by atoms with Crippen molar-refractivity contribution in [1.82, 2.24) is 9.62 Å². The predicted molar refractivity (Wildman–Crippen MR) is 120 cm³/mol. The smallest absolute Gasteiger partial charge is 0.215 e. The van der Waals surface area contributed by atoms with E-state index in [1.807, 2.05) is 0 Å². The van der Waals surface area contributed by atoms with Crippen LogP contribution in [0, 0.1) is 0 Å². The standard InChI is InChI=1S/C22H48N2O2S/c1-4-5-6-7-8-9-10-11-12-13-14-15-16-17-18-19-21-24(3)27(25,26)22-20-23-2/h23H,4-22H2,1-3H3. The molecule has 0 radical (unpaired) electrons. The molecule has 4 nitrogen and oxygen atoms in total. The summed E-state index contributed by atoms with van der Waals surface area (Å²) in [4.78, 5) is 0. The van der Waals surface area contributed by atoms with Crippen LogP contribution in [0.15, 0.2) is 0 Å². The van der Waals surface area contributed by atoms with Crippen molar-refractivity contribution >= 4 is 10.0 Å². The molecule has 0 saturated heterocycles. The molecule has 27 heavy (non-hydrogen) atoms. The second kappa shape index (κ2) is 19.2. The monoisotopic (exact) mass is 404 g/mol. The second-order valence-corrected chi connectivity index (χ2v) is 10.2. The Balaban J connectivity index is 3.29. The van der Waals surface area contributed by atoms with Gasteiger partial charge in [-0.3, -0.25) is 0 Å². The van der Waals surface area contributed by atoms with E-state index in [1.54, 1.807) is 14.1 Å². The van der Waals surface area contributed by atoms with Gasteiger partial charge in [-0.1, -0.05) is 103 Å². The molecule has 0 aliphatic rings. The summed E-state index contributed by atoms with van der Waals surface area (Å²) in [5.41, 5.74) is 0. The Kier molecular flexibility index (Phi) is 19.1. The molecular weight excluding hydrogens is 356 g/mol. The highest BCUT2D eigenvalue weighted by Gasteiger charge is 2.16. The van der Waals surface area contributed by atoms with Gasteiger partial charge < -0.3 is 5.32 Å². The minimum absolute atomic E-state index is 0.193. The molecular formula is C22H48N2O2S. The van der Waals surface area contributed by atoms with Crippen molar-refractivity contribution < 1.29 is 8.42 Å². The second-order valence-electron chi connectivity index (χ2n) is 8.04. The molecule has 0 atom stereocenters. The maximum atomic E-state index is 12.0. The van der Waals surface area contributed by atoms with E-state index in [4.69, 9.17) is 0 Å². The van der Waals surface area contributed by atoms with Gasteiger partial charge in [-0.25, -0.2) is 12.7 Å². The topological polar surface area (TPSA) is 49.4 Å². The van der Waals surface area contributed by atoms with Crippen molar-refractivity contribution in [2.45, 2.75) is 110 Å². The van der Waals surface area contributed by atoms with Crippen LogP contribution in [0.3, 0.4) is 0 Å². The van der Waals surface area contributed by atoms with Crippen LogP contribution in [-0.2, 0) is 10.0 Å². The summed E-state index contributed by atoms with van der Waals surface area (Å²) < 4.78 is 25.5. The van der Waals surface area contributed by atoms with Crippen molar-refractivity contribution in [2.24, 2.45) is 0 Å². The molecule has 0 rings (SSSR count). The molecule has 0 aromatic heterocycles. The first-order valence-electron chi connectivity index (χ1n) is 11.6. The van der Waals surface area contributed by atoms with Gasteiger partial charge in [-0.2, -0.15) is 0 Å². The van der Waals surface area contributed by atoms with Crippen molar-refractivity contribution in [3.05, 3.63) is 0 Å². The van der Waals surface area contributed by atoms with Gasteiger partial charge in [0.2, 0.25) is 10.0 Å².